The zero-order chi connectivity index (χ0) is 20.4. The quantitative estimate of drug-likeness (QED) is 0.611. The van der Waals surface area contributed by atoms with E-state index in [0.29, 0.717) is 13.2 Å². The molecule has 1 aliphatic rings. The number of nitrogens with zero attached hydrogens (tertiary/aromatic N) is 2. The zero-order valence-corrected chi connectivity index (χ0v) is 17.1. The Kier molecular flexibility index (Phi) is 5.01. The lowest BCUT2D eigenvalue weighted by atomic mass is 9.88. The maximum absolute atomic E-state index is 13.3. The van der Waals surface area contributed by atoms with Crippen molar-refractivity contribution in [1.82, 2.24) is 0 Å². The second kappa shape index (κ2) is 7.63. The smallest absolute Gasteiger partial charge is 0.338 e. The van der Waals surface area contributed by atoms with Crippen molar-refractivity contribution in [3.05, 3.63) is 95.6 Å². The highest BCUT2D eigenvalue weighted by molar-refractivity contribution is 5.89. The molecule has 148 valence electrons. The van der Waals surface area contributed by atoms with Crippen molar-refractivity contribution in [3.8, 4) is 0 Å². The molecule has 0 N–H and O–H groups in total. The molecule has 0 saturated carbocycles. The summed E-state index contributed by atoms with van der Waals surface area (Å²) in [6.45, 7) is 5.25. The lowest BCUT2D eigenvalue weighted by molar-refractivity contribution is -0.146. The van der Waals surface area contributed by atoms with Crippen molar-refractivity contribution in [2.24, 2.45) is 0 Å². The Morgan fingerprint density at radius 3 is 1.93 bits per heavy atom. The number of esters is 1. The second-order valence-electron chi connectivity index (χ2n) is 7.66. The molecule has 1 fully saturated rings. The number of carbonyl (C=O) groups excluding carboxylic acids is 1. The molecule has 0 aromatic heterocycles. The van der Waals surface area contributed by atoms with Gasteiger partial charge in [0, 0.05) is 11.4 Å². The van der Waals surface area contributed by atoms with E-state index in [1.54, 1.807) is 0 Å². The van der Waals surface area contributed by atoms with Crippen molar-refractivity contribution in [2.75, 3.05) is 30.1 Å². The predicted octanol–water partition coefficient (Wildman–Crippen LogP) is 4.66. The fourth-order valence-electron chi connectivity index (χ4n) is 4.08. The van der Waals surface area contributed by atoms with Gasteiger partial charge < -0.3 is 14.5 Å². The summed E-state index contributed by atoms with van der Waals surface area (Å²) in [5.41, 5.74) is 4.50. The number of rotatable bonds is 4. The third kappa shape index (κ3) is 3.35. The van der Waals surface area contributed by atoms with Crippen LogP contribution in [0.2, 0.25) is 0 Å². The molecule has 1 aliphatic heterocycles. The molecule has 1 atom stereocenters. The number of aryl methyl sites for hydroxylation is 2. The largest absolute Gasteiger partial charge is 0.467 e. The standard InChI is InChI=1S/C25H26N2O2/c1-19-9-13-22(14-10-19)26-17-25(24(28)29-3,21-7-5-4-6-8-21)27(18-26)23-15-11-20(2)12-16-23/h4-16H,17-18H2,1-3H3. The van der Waals surface area contributed by atoms with Crippen LogP contribution >= 0.6 is 0 Å². The molecule has 4 heteroatoms. The van der Waals surface area contributed by atoms with Gasteiger partial charge in [0.1, 0.15) is 0 Å². The van der Waals surface area contributed by atoms with Gasteiger partial charge in [-0.25, -0.2) is 4.79 Å². The summed E-state index contributed by atoms with van der Waals surface area (Å²) in [5.74, 6) is -0.251. The number of benzene rings is 3. The van der Waals surface area contributed by atoms with Crippen molar-refractivity contribution in [1.29, 1.82) is 0 Å². The summed E-state index contributed by atoms with van der Waals surface area (Å²) < 4.78 is 5.36. The van der Waals surface area contributed by atoms with Crippen LogP contribution in [0.25, 0.3) is 0 Å². The predicted molar refractivity (Wildman–Crippen MR) is 117 cm³/mol. The van der Waals surface area contributed by atoms with E-state index in [1.807, 2.05) is 30.3 Å². The Labute approximate surface area is 172 Å². The zero-order valence-electron chi connectivity index (χ0n) is 17.1. The van der Waals surface area contributed by atoms with Crippen molar-refractivity contribution in [3.63, 3.8) is 0 Å². The molecule has 4 rings (SSSR count). The molecule has 1 saturated heterocycles. The summed E-state index contributed by atoms with van der Waals surface area (Å²) >= 11 is 0. The van der Waals surface area contributed by atoms with E-state index < -0.39 is 5.54 Å². The molecular weight excluding hydrogens is 360 g/mol. The Hall–Kier alpha value is -3.27. The molecule has 4 nitrogen and oxygen atoms in total. The minimum Gasteiger partial charge on any atom is -0.467 e. The molecule has 29 heavy (non-hydrogen) atoms. The van der Waals surface area contributed by atoms with E-state index in [2.05, 4.69) is 72.2 Å². The molecule has 3 aromatic rings. The third-order valence-electron chi connectivity index (χ3n) is 5.71. The molecule has 0 aliphatic carbocycles. The number of carbonyl (C=O) groups is 1. The van der Waals surface area contributed by atoms with Gasteiger partial charge in [0.2, 0.25) is 0 Å². The normalized spacial score (nSPS) is 18.7. The first-order valence-electron chi connectivity index (χ1n) is 9.84. The van der Waals surface area contributed by atoms with Gasteiger partial charge in [0.05, 0.1) is 20.3 Å². The first kappa shape index (κ1) is 19.1. The molecule has 0 spiro atoms. The van der Waals surface area contributed by atoms with Crippen LogP contribution in [0.15, 0.2) is 78.9 Å². The third-order valence-corrected chi connectivity index (χ3v) is 5.71. The summed E-state index contributed by atoms with van der Waals surface area (Å²) in [7, 11) is 1.47. The van der Waals surface area contributed by atoms with E-state index >= 15 is 0 Å². The van der Waals surface area contributed by atoms with E-state index in [4.69, 9.17) is 4.74 Å². The lowest BCUT2D eigenvalue weighted by Crippen LogP contribution is -2.51. The second-order valence-corrected chi connectivity index (χ2v) is 7.66. The Balaban J connectivity index is 1.86. The minimum atomic E-state index is -0.920. The van der Waals surface area contributed by atoms with Crippen LogP contribution in [0.1, 0.15) is 16.7 Å². The van der Waals surface area contributed by atoms with Gasteiger partial charge in [-0.2, -0.15) is 0 Å². The molecule has 1 heterocycles. The fraction of sp³-hybridized carbons (Fsp3) is 0.240. The van der Waals surface area contributed by atoms with Gasteiger partial charge in [0.25, 0.3) is 0 Å². The first-order valence-corrected chi connectivity index (χ1v) is 9.84. The summed E-state index contributed by atoms with van der Waals surface area (Å²) in [6.07, 6.45) is 0. The lowest BCUT2D eigenvalue weighted by Gasteiger charge is -2.36. The average Bonchev–Trinajstić information content (AvgIpc) is 3.16. The van der Waals surface area contributed by atoms with Crippen LogP contribution < -0.4 is 9.80 Å². The first-order chi connectivity index (χ1) is 14.0. The number of ether oxygens (including phenoxy) is 1. The van der Waals surface area contributed by atoms with Gasteiger partial charge in [-0.15, -0.1) is 0 Å². The Morgan fingerprint density at radius 1 is 0.828 bits per heavy atom. The molecular formula is C25H26N2O2. The SMILES string of the molecule is COC(=O)C1(c2ccccc2)CN(c2ccc(C)cc2)CN1c1ccc(C)cc1. The molecule has 0 bridgehead atoms. The maximum Gasteiger partial charge on any atom is 0.338 e. The van der Waals surface area contributed by atoms with E-state index in [-0.39, 0.29) is 5.97 Å². The van der Waals surface area contributed by atoms with Crippen molar-refractivity contribution in [2.45, 2.75) is 19.4 Å². The summed E-state index contributed by atoms with van der Waals surface area (Å²) in [5, 5.41) is 0. The van der Waals surface area contributed by atoms with Crippen LogP contribution in [0.3, 0.4) is 0 Å². The summed E-state index contributed by atoms with van der Waals surface area (Å²) in [4.78, 5) is 17.7. The summed E-state index contributed by atoms with van der Waals surface area (Å²) in [6, 6.07) is 26.7. The van der Waals surface area contributed by atoms with Crippen molar-refractivity contribution >= 4 is 17.3 Å². The fourth-order valence-corrected chi connectivity index (χ4v) is 4.08. The highest BCUT2D eigenvalue weighted by Crippen LogP contribution is 2.41. The number of hydrogen-bond donors (Lipinski definition) is 0. The van der Waals surface area contributed by atoms with Crippen LogP contribution in [-0.2, 0) is 15.1 Å². The number of methoxy groups -OCH3 is 1. The van der Waals surface area contributed by atoms with Crippen LogP contribution in [-0.4, -0.2) is 26.3 Å². The molecule has 0 amide bonds. The maximum atomic E-state index is 13.3. The molecule has 1 unspecified atom stereocenters. The topological polar surface area (TPSA) is 32.8 Å². The van der Waals surface area contributed by atoms with Crippen LogP contribution in [0, 0.1) is 13.8 Å². The average molecular weight is 386 g/mol. The Bertz CT molecular complexity index is 984. The van der Waals surface area contributed by atoms with Gasteiger partial charge in [0.15, 0.2) is 5.54 Å². The highest BCUT2D eigenvalue weighted by atomic mass is 16.5. The number of anilines is 2. The van der Waals surface area contributed by atoms with E-state index in [1.165, 1.54) is 18.2 Å². The van der Waals surface area contributed by atoms with E-state index in [9.17, 15) is 4.79 Å². The molecule has 0 radical (unpaired) electrons. The van der Waals surface area contributed by atoms with E-state index in [0.717, 1.165) is 16.9 Å². The van der Waals surface area contributed by atoms with Gasteiger partial charge >= 0.3 is 5.97 Å². The molecule has 3 aromatic carbocycles. The van der Waals surface area contributed by atoms with Gasteiger partial charge in [-0.05, 0) is 43.7 Å². The monoisotopic (exact) mass is 386 g/mol. The highest BCUT2D eigenvalue weighted by Gasteiger charge is 2.53. The van der Waals surface area contributed by atoms with Crippen molar-refractivity contribution < 1.29 is 9.53 Å². The van der Waals surface area contributed by atoms with Gasteiger partial charge in [-0.1, -0.05) is 65.7 Å². The van der Waals surface area contributed by atoms with Crippen LogP contribution in [0.5, 0.6) is 0 Å². The number of hydrogen-bond acceptors (Lipinski definition) is 4. The van der Waals surface area contributed by atoms with Crippen LogP contribution in [0.4, 0.5) is 11.4 Å². The van der Waals surface area contributed by atoms with Gasteiger partial charge in [-0.3, -0.25) is 0 Å². The Morgan fingerprint density at radius 2 is 1.38 bits per heavy atom. The minimum absolute atomic E-state index is 0.251.